The molecule has 3 rings (SSSR count). The van der Waals surface area contributed by atoms with E-state index in [9.17, 15) is 10.1 Å². The molecule has 1 aromatic carbocycles. The number of benzene rings is 1. The van der Waals surface area contributed by atoms with Crippen LogP contribution in [0.5, 0.6) is 0 Å². The maximum atomic E-state index is 10.8. The lowest BCUT2D eigenvalue weighted by Gasteiger charge is -2.00. The first-order valence-electron chi connectivity index (χ1n) is 6.02. The van der Waals surface area contributed by atoms with E-state index in [-0.39, 0.29) is 10.6 Å². The molecule has 0 atom stereocenters. The number of nitro groups is 1. The van der Waals surface area contributed by atoms with Crippen LogP contribution in [0.3, 0.4) is 0 Å². The van der Waals surface area contributed by atoms with E-state index in [0.717, 1.165) is 28.1 Å². The van der Waals surface area contributed by atoms with Crippen molar-refractivity contribution in [1.29, 1.82) is 0 Å². The van der Waals surface area contributed by atoms with Crippen LogP contribution in [-0.2, 0) is 0 Å². The van der Waals surface area contributed by atoms with Crippen molar-refractivity contribution in [3.8, 4) is 0 Å². The topological polar surface area (TPSA) is 71.0 Å². The van der Waals surface area contributed by atoms with Crippen LogP contribution < -0.4 is 5.32 Å². The minimum atomic E-state index is -0.365. The van der Waals surface area contributed by atoms with Crippen LogP contribution in [0.1, 0.15) is 16.8 Å². The summed E-state index contributed by atoms with van der Waals surface area (Å²) in [5.41, 5.74) is 5.23. The predicted molar refractivity (Wildman–Crippen MR) is 75.0 cm³/mol. The number of aromatic amines is 1. The van der Waals surface area contributed by atoms with E-state index < -0.39 is 0 Å². The molecule has 0 unspecified atom stereocenters. The summed E-state index contributed by atoms with van der Waals surface area (Å²) in [5.74, 6) is 0. The standard InChI is InChI=1S/C14H13N3O2/c1-9-4-5-15-14(9)6-10-8-16-13-3-2-11(17(18)19)7-12(10)13/h2-7,15-16H,8H2,1H3/b10-6+. The summed E-state index contributed by atoms with van der Waals surface area (Å²) in [4.78, 5) is 13.6. The largest absolute Gasteiger partial charge is 0.380 e. The number of aryl methyl sites for hydroxylation is 1. The highest BCUT2D eigenvalue weighted by atomic mass is 16.6. The Morgan fingerprint density at radius 3 is 2.89 bits per heavy atom. The second-order valence-electron chi connectivity index (χ2n) is 4.58. The molecule has 2 heterocycles. The minimum Gasteiger partial charge on any atom is -0.380 e. The second-order valence-corrected chi connectivity index (χ2v) is 4.58. The molecule has 0 radical (unpaired) electrons. The molecule has 0 bridgehead atoms. The lowest BCUT2D eigenvalue weighted by atomic mass is 10.0. The quantitative estimate of drug-likeness (QED) is 0.639. The third-order valence-electron chi connectivity index (χ3n) is 3.34. The molecular weight excluding hydrogens is 242 g/mol. The molecular formula is C14H13N3O2. The highest BCUT2D eigenvalue weighted by Gasteiger charge is 2.19. The van der Waals surface area contributed by atoms with Crippen molar-refractivity contribution in [2.45, 2.75) is 6.92 Å². The molecule has 0 saturated heterocycles. The van der Waals surface area contributed by atoms with E-state index >= 15 is 0 Å². The molecule has 1 aromatic heterocycles. The van der Waals surface area contributed by atoms with Crippen molar-refractivity contribution < 1.29 is 4.92 Å². The molecule has 5 heteroatoms. The molecule has 1 aliphatic rings. The predicted octanol–water partition coefficient (Wildman–Crippen LogP) is 3.20. The van der Waals surface area contributed by atoms with E-state index in [4.69, 9.17) is 0 Å². The van der Waals surface area contributed by atoms with E-state index in [1.807, 2.05) is 25.3 Å². The molecule has 0 spiro atoms. The summed E-state index contributed by atoms with van der Waals surface area (Å²) in [7, 11) is 0. The molecule has 96 valence electrons. The number of rotatable bonds is 2. The van der Waals surface area contributed by atoms with Crippen molar-refractivity contribution in [1.82, 2.24) is 4.98 Å². The maximum absolute atomic E-state index is 10.8. The Bertz CT molecular complexity index is 686. The highest BCUT2D eigenvalue weighted by Crippen LogP contribution is 2.34. The Morgan fingerprint density at radius 1 is 1.37 bits per heavy atom. The van der Waals surface area contributed by atoms with Gasteiger partial charge in [-0.25, -0.2) is 0 Å². The smallest absolute Gasteiger partial charge is 0.270 e. The van der Waals surface area contributed by atoms with Gasteiger partial charge in [0, 0.05) is 41.8 Å². The zero-order valence-electron chi connectivity index (χ0n) is 10.4. The van der Waals surface area contributed by atoms with Crippen LogP contribution in [0.25, 0.3) is 11.6 Å². The minimum absolute atomic E-state index is 0.122. The fourth-order valence-corrected chi connectivity index (χ4v) is 2.27. The van der Waals surface area contributed by atoms with Gasteiger partial charge in [0.05, 0.1) is 4.92 Å². The summed E-state index contributed by atoms with van der Waals surface area (Å²) in [6.45, 7) is 2.72. The van der Waals surface area contributed by atoms with Gasteiger partial charge in [-0.1, -0.05) is 0 Å². The van der Waals surface area contributed by atoms with Gasteiger partial charge in [-0.15, -0.1) is 0 Å². The first-order valence-corrected chi connectivity index (χ1v) is 6.02. The second kappa shape index (κ2) is 4.28. The zero-order valence-corrected chi connectivity index (χ0v) is 10.4. The van der Waals surface area contributed by atoms with Gasteiger partial charge in [-0.05, 0) is 36.3 Å². The third-order valence-corrected chi connectivity index (χ3v) is 3.34. The molecule has 0 saturated carbocycles. The van der Waals surface area contributed by atoms with Crippen LogP contribution in [0.15, 0.2) is 30.5 Å². The highest BCUT2D eigenvalue weighted by molar-refractivity contribution is 5.93. The number of aromatic nitrogens is 1. The number of non-ortho nitro benzene ring substituents is 1. The summed E-state index contributed by atoms with van der Waals surface area (Å²) in [6, 6.07) is 6.91. The summed E-state index contributed by atoms with van der Waals surface area (Å²) in [6.07, 6.45) is 3.93. The van der Waals surface area contributed by atoms with Gasteiger partial charge in [-0.2, -0.15) is 0 Å². The lowest BCUT2D eigenvalue weighted by molar-refractivity contribution is -0.384. The van der Waals surface area contributed by atoms with Crippen LogP contribution in [0.2, 0.25) is 0 Å². The van der Waals surface area contributed by atoms with Crippen molar-refractivity contribution in [2.24, 2.45) is 0 Å². The van der Waals surface area contributed by atoms with Crippen molar-refractivity contribution >= 4 is 23.0 Å². The average molecular weight is 255 g/mol. The SMILES string of the molecule is Cc1cc[nH]c1/C=C1\CNc2ccc([N+](=O)[O-])cc21. The van der Waals surface area contributed by atoms with Crippen molar-refractivity contribution in [3.05, 3.63) is 57.4 Å². The normalized spacial score (nSPS) is 15.3. The molecule has 1 aliphatic heterocycles. The Hall–Kier alpha value is -2.56. The van der Waals surface area contributed by atoms with Gasteiger partial charge < -0.3 is 10.3 Å². The first kappa shape index (κ1) is 11.5. The number of nitro benzene ring substituents is 1. The molecule has 0 fully saturated rings. The van der Waals surface area contributed by atoms with Gasteiger partial charge in [0.2, 0.25) is 0 Å². The van der Waals surface area contributed by atoms with Gasteiger partial charge in [0.15, 0.2) is 0 Å². The molecule has 19 heavy (non-hydrogen) atoms. The van der Waals surface area contributed by atoms with Crippen molar-refractivity contribution in [3.63, 3.8) is 0 Å². The van der Waals surface area contributed by atoms with Crippen LogP contribution in [0.4, 0.5) is 11.4 Å². The molecule has 0 amide bonds. The van der Waals surface area contributed by atoms with E-state index in [2.05, 4.69) is 10.3 Å². The van der Waals surface area contributed by atoms with Gasteiger partial charge >= 0.3 is 0 Å². The Labute approximate surface area is 110 Å². The number of fused-ring (bicyclic) bond motifs is 1. The number of hydrogen-bond donors (Lipinski definition) is 2. The van der Waals surface area contributed by atoms with Crippen LogP contribution in [-0.4, -0.2) is 16.5 Å². The first-order chi connectivity index (χ1) is 9.15. The van der Waals surface area contributed by atoms with E-state index in [1.165, 1.54) is 6.07 Å². The molecule has 5 nitrogen and oxygen atoms in total. The Morgan fingerprint density at radius 2 is 2.21 bits per heavy atom. The fourth-order valence-electron chi connectivity index (χ4n) is 2.27. The monoisotopic (exact) mass is 255 g/mol. The van der Waals surface area contributed by atoms with E-state index in [0.29, 0.717) is 6.54 Å². The van der Waals surface area contributed by atoms with Crippen LogP contribution >= 0.6 is 0 Å². The Kier molecular flexibility index (Phi) is 2.59. The van der Waals surface area contributed by atoms with Gasteiger partial charge in [0.1, 0.15) is 0 Å². The maximum Gasteiger partial charge on any atom is 0.270 e. The fraction of sp³-hybridized carbons (Fsp3) is 0.143. The lowest BCUT2D eigenvalue weighted by Crippen LogP contribution is -1.91. The summed E-state index contributed by atoms with van der Waals surface area (Å²) < 4.78 is 0. The van der Waals surface area contributed by atoms with Gasteiger partial charge in [0.25, 0.3) is 5.69 Å². The number of nitrogens with one attached hydrogen (secondary N) is 2. The zero-order chi connectivity index (χ0) is 13.4. The van der Waals surface area contributed by atoms with Crippen molar-refractivity contribution in [2.75, 3.05) is 11.9 Å². The van der Waals surface area contributed by atoms with Crippen LogP contribution in [0, 0.1) is 17.0 Å². The number of nitrogens with zero attached hydrogens (tertiary/aromatic N) is 1. The average Bonchev–Trinajstić information content (AvgIpc) is 2.97. The summed E-state index contributed by atoms with van der Waals surface area (Å²) >= 11 is 0. The number of anilines is 1. The third kappa shape index (κ3) is 1.99. The number of hydrogen-bond acceptors (Lipinski definition) is 3. The number of H-pyrrole nitrogens is 1. The molecule has 2 N–H and O–H groups in total. The molecule has 0 aliphatic carbocycles. The Balaban J connectivity index is 2.06. The molecule has 2 aromatic rings. The van der Waals surface area contributed by atoms with E-state index in [1.54, 1.807) is 12.1 Å². The van der Waals surface area contributed by atoms with Gasteiger partial charge in [-0.3, -0.25) is 10.1 Å². The summed E-state index contributed by atoms with van der Waals surface area (Å²) in [5, 5.41) is 14.1.